The third-order valence-electron chi connectivity index (χ3n) is 3.46. The summed E-state index contributed by atoms with van der Waals surface area (Å²) in [5.74, 6) is -0.509. The van der Waals surface area contributed by atoms with Crippen molar-refractivity contribution < 1.29 is 9.59 Å². The molecule has 2 aromatic rings. The molecule has 4 nitrogen and oxygen atoms in total. The van der Waals surface area contributed by atoms with Crippen molar-refractivity contribution in [1.29, 1.82) is 0 Å². The average Bonchev–Trinajstić information content (AvgIpc) is 2.53. The van der Waals surface area contributed by atoms with E-state index in [0.29, 0.717) is 27.0 Å². The number of anilines is 2. The lowest BCUT2D eigenvalue weighted by Crippen LogP contribution is -2.18. The summed E-state index contributed by atoms with van der Waals surface area (Å²) >= 11 is 11.8. The highest BCUT2D eigenvalue weighted by Crippen LogP contribution is 2.25. The molecular formula is C18H18Cl2N2O2. The molecule has 2 N–H and O–H groups in total. The van der Waals surface area contributed by atoms with Gasteiger partial charge in [-0.1, -0.05) is 43.1 Å². The molecule has 2 amide bonds. The molecule has 6 heteroatoms. The van der Waals surface area contributed by atoms with Gasteiger partial charge in [0.25, 0.3) is 5.91 Å². The number of carbonyl (C=O) groups excluding carboxylic acids is 2. The molecule has 0 aliphatic heterocycles. The highest BCUT2D eigenvalue weighted by molar-refractivity contribution is 6.42. The van der Waals surface area contributed by atoms with Crippen molar-refractivity contribution >= 4 is 46.4 Å². The van der Waals surface area contributed by atoms with E-state index in [1.807, 2.05) is 26.8 Å². The number of nitrogens with one attached hydrogen (secondary N) is 2. The van der Waals surface area contributed by atoms with Crippen LogP contribution in [0.25, 0.3) is 0 Å². The fourth-order valence-corrected chi connectivity index (χ4v) is 2.25. The summed E-state index contributed by atoms with van der Waals surface area (Å²) in [6.07, 6.45) is 0. The smallest absolute Gasteiger partial charge is 0.255 e. The van der Waals surface area contributed by atoms with Gasteiger partial charge >= 0.3 is 0 Å². The quantitative estimate of drug-likeness (QED) is 0.787. The molecule has 0 heterocycles. The van der Waals surface area contributed by atoms with Gasteiger partial charge in [-0.3, -0.25) is 9.59 Å². The second kappa shape index (κ2) is 7.69. The van der Waals surface area contributed by atoms with Crippen LogP contribution in [-0.4, -0.2) is 11.8 Å². The molecule has 0 aliphatic carbocycles. The molecule has 0 saturated heterocycles. The molecule has 0 unspecified atom stereocenters. The predicted molar refractivity (Wildman–Crippen MR) is 99.1 cm³/mol. The molecule has 0 radical (unpaired) electrons. The third kappa shape index (κ3) is 4.49. The maximum Gasteiger partial charge on any atom is 0.255 e. The van der Waals surface area contributed by atoms with Crippen molar-refractivity contribution in [3.63, 3.8) is 0 Å². The van der Waals surface area contributed by atoms with Crippen LogP contribution in [0, 0.1) is 12.8 Å². The first-order valence-electron chi connectivity index (χ1n) is 7.46. The molecule has 0 spiro atoms. The van der Waals surface area contributed by atoms with Gasteiger partial charge in [-0.15, -0.1) is 0 Å². The number of benzene rings is 2. The Morgan fingerprint density at radius 3 is 2.29 bits per heavy atom. The van der Waals surface area contributed by atoms with Crippen molar-refractivity contribution in [3.8, 4) is 0 Å². The van der Waals surface area contributed by atoms with Gasteiger partial charge < -0.3 is 10.6 Å². The van der Waals surface area contributed by atoms with Crippen LogP contribution in [0.4, 0.5) is 11.4 Å². The molecule has 0 saturated carbocycles. The molecule has 126 valence electrons. The Bertz CT molecular complexity index is 789. The molecule has 0 atom stereocenters. The summed E-state index contributed by atoms with van der Waals surface area (Å²) in [4.78, 5) is 24.2. The van der Waals surface area contributed by atoms with Crippen LogP contribution < -0.4 is 10.6 Å². The minimum Gasteiger partial charge on any atom is -0.326 e. The van der Waals surface area contributed by atoms with Gasteiger partial charge in [-0.2, -0.15) is 0 Å². The highest BCUT2D eigenvalue weighted by Gasteiger charge is 2.12. The van der Waals surface area contributed by atoms with E-state index >= 15 is 0 Å². The second-order valence-electron chi connectivity index (χ2n) is 5.76. The summed E-state index contributed by atoms with van der Waals surface area (Å²) in [6.45, 7) is 5.51. The lowest BCUT2D eigenvalue weighted by Gasteiger charge is -2.13. The zero-order chi connectivity index (χ0) is 17.9. The van der Waals surface area contributed by atoms with Crippen molar-refractivity contribution in [2.24, 2.45) is 5.92 Å². The van der Waals surface area contributed by atoms with Crippen LogP contribution in [0.3, 0.4) is 0 Å². The summed E-state index contributed by atoms with van der Waals surface area (Å²) in [7, 11) is 0. The Morgan fingerprint density at radius 1 is 0.958 bits per heavy atom. The van der Waals surface area contributed by atoms with Crippen molar-refractivity contribution in [3.05, 3.63) is 57.6 Å². The Kier molecular flexibility index (Phi) is 5.86. The molecule has 0 aromatic heterocycles. The number of hydrogen-bond donors (Lipinski definition) is 2. The van der Waals surface area contributed by atoms with E-state index in [2.05, 4.69) is 10.6 Å². The number of halogens is 2. The summed E-state index contributed by atoms with van der Waals surface area (Å²) in [5.41, 5.74) is 2.53. The van der Waals surface area contributed by atoms with E-state index < -0.39 is 0 Å². The van der Waals surface area contributed by atoms with Crippen LogP contribution in [0.2, 0.25) is 10.0 Å². The molecule has 0 bridgehead atoms. The minimum atomic E-state index is -0.302. The summed E-state index contributed by atoms with van der Waals surface area (Å²) in [5, 5.41) is 6.34. The molecule has 0 fully saturated rings. The van der Waals surface area contributed by atoms with Crippen molar-refractivity contribution in [1.82, 2.24) is 0 Å². The van der Waals surface area contributed by atoms with Gasteiger partial charge in [0.1, 0.15) is 0 Å². The third-order valence-corrected chi connectivity index (χ3v) is 4.20. The standard InChI is InChI=1S/C18H18Cl2N2O2/c1-10(2)17(23)21-13-6-4-11(3)16(9-13)22-18(24)12-5-7-14(19)15(20)8-12/h4-10H,1-3H3,(H,21,23)(H,22,24). The predicted octanol–water partition coefficient (Wildman–Crippen LogP) is 5.15. The highest BCUT2D eigenvalue weighted by atomic mass is 35.5. The zero-order valence-electron chi connectivity index (χ0n) is 13.6. The fourth-order valence-electron chi connectivity index (χ4n) is 1.95. The molecule has 24 heavy (non-hydrogen) atoms. The maximum atomic E-state index is 12.4. The largest absolute Gasteiger partial charge is 0.326 e. The van der Waals surface area contributed by atoms with Crippen LogP contribution in [0.5, 0.6) is 0 Å². The van der Waals surface area contributed by atoms with Gasteiger partial charge in [0.05, 0.1) is 10.0 Å². The number of hydrogen-bond acceptors (Lipinski definition) is 2. The van der Waals surface area contributed by atoms with E-state index in [-0.39, 0.29) is 17.7 Å². The molecular weight excluding hydrogens is 347 g/mol. The van der Waals surface area contributed by atoms with Crippen LogP contribution in [-0.2, 0) is 4.79 Å². The first-order chi connectivity index (χ1) is 11.3. The molecule has 0 aliphatic rings. The maximum absolute atomic E-state index is 12.4. The number of carbonyl (C=O) groups is 2. The van der Waals surface area contributed by atoms with Gasteiger partial charge in [0.2, 0.25) is 5.91 Å². The lowest BCUT2D eigenvalue weighted by atomic mass is 10.1. The van der Waals surface area contributed by atoms with Crippen molar-refractivity contribution in [2.75, 3.05) is 10.6 Å². The number of rotatable bonds is 4. The second-order valence-corrected chi connectivity index (χ2v) is 6.57. The Balaban J connectivity index is 2.20. The lowest BCUT2D eigenvalue weighted by molar-refractivity contribution is -0.118. The van der Waals surface area contributed by atoms with E-state index in [1.165, 1.54) is 6.07 Å². The monoisotopic (exact) mass is 364 g/mol. The Hall–Kier alpha value is -2.04. The van der Waals surface area contributed by atoms with E-state index in [9.17, 15) is 9.59 Å². The van der Waals surface area contributed by atoms with Gasteiger partial charge in [0.15, 0.2) is 0 Å². The van der Waals surface area contributed by atoms with E-state index in [0.717, 1.165) is 5.56 Å². The Morgan fingerprint density at radius 2 is 1.67 bits per heavy atom. The topological polar surface area (TPSA) is 58.2 Å². The van der Waals surface area contributed by atoms with Gasteiger partial charge in [-0.05, 0) is 42.8 Å². The zero-order valence-corrected chi connectivity index (χ0v) is 15.1. The number of aryl methyl sites for hydroxylation is 1. The number of amides is 2. The Labute approximate surface area is 151 Å². The molecule has 2 rings (SSSR count). The molecule has 2 aromatic carbocycles. The first-order valence-corrected chi connectivity index (χ1v) is 8.21. The van der Waals surface area contributed by atoms with E-state index in [4.69, 9.17) is 23.2 Å². The van der Waals surface area contributed by atoms with Crippen LogP contribution in [0.1, 0.15) is 29.8 Å². The SMILES string of the molecule is Cc1ccc(NC(=O)C(C)C)cc1NC(=O)c1ccc(Cl)c(Cl)c1. The fraction of sp³-hybridized carbons (Fsp3) is 0.222. The summed E-state index contributed by atoms with van der Waals surface area (Å²) < 4.78 is 0. The van der Waals surface area contributed by atoms with Crippen molar-refractivity contribution in [2.45, 2.75) is 20.8 Å². The average molecular weight is 365 g/mol. The van der Waals surface area contributed by atoms with Gasteiger partial charge in [0, 0.05) is 22.9 Å². The van der Waals surface area contributed by atoms with Crippen LogP contribution in [0.15, 0.2) is 36.4 Å². The van der Waals surface area contributed by atoms with E-state index in [1.54, 1.807) is 24.3 Å². The minimum absolute atomic E-state index is 0.0828. The normalized spacial score (nSPS) is 10.6. The summed E-state index contributed by atoms with van der Waals surface area (Å²) in [6, 6.07) is 10.0. The first kappa shape index (κ1) is 18.3. The van der Waals surface area contributed by atoms with Gasteiger partial charge in [-0.25, -0.2) is 0 Å². The van der Waals surface area contributed by atoms with Crippen LogP contribution >= 0.6 is 23.2 Å².